The van der Waals surface area contributed by atoms with Gasteiger partial charge in [0, 0.05) is 17.4 Å². The standard InChI is InChI=1S/C19H22F3N3O2S/c1-3-5-6-14-11-16(26)25-18(24-14)28-15(4-2)17(27)23-13-9-7-12(8-10-13)19(20,21)22/h7-11,15H,3-6H2,1-2H3,(H,23,27)(H,24,25,26). The fraction of sp³-hybridized carbons (Fsp3) is 0.421. The predicted octanol–water partition coefficient (Wildman–Crippen LogP) is 4.64. The molecule has 0 bridgehead atoms. The Morgan fingerprint density at radius 2 is 1.93 bits per heavy atom. The van der Waals surface area contributed by atoms with Crippen LogP contribution in [0.3, 0.4) is 0 Å². The van der Waals surface area contributed by atoms with E-state index in [0.29, 0.717) is 23.7 Å². The molecule has 2 rings (SSSR count). The number of hydrogen-bond donors (Lipinski definition) is 2. The summed E-state index contributed by atoms with van der Waals surface area (Å²) in [6, 6.07) is 5.70. The summed E-state index contributed by atoms with van der Waals surface area (Å²) in [7, 11) is 0. The highest BCUT2D eigenvalue weighted by Gasteiger charge is 2.30. The molecule has 1 atom stereocenters. The molecule has 2 N–H and O–H groups in total. The van der Waals surface area contributed by atoms with Crippen molar-refractivity contribution < 1.29 is 18.0 Å². The largest absolute Gasteiger partial charge is 0.416 e. The molecular weight excluding hydrogens is 391 g/mol. The van der Waals surface area contributed by atoms with Crippen molar-refractivity contribution in [3.63, 3.8) is 0 Å². The highest BCUT2D eigenvalue weighted by molar-refractivity contribution is 8.00. The van der Waals surface area contributed by atoms with Gasteiger partial charge in [0.2, 0.25) is 5.91 Å². The minimum absolute atomic E-state index is 0.273. The molecular formula is C19H22F3N3O2S. The predicted molar refractivity (Wildman–Crippen MR) is 103 cm³/mol. The molecule has 0 spiro atoms. The molecule has 1 aromatic carbocycles. The zero-order chi connectivity index (χ0) is 20.7. The molecule has 0 radical (unpaired) electrons. The number of H-pyrrole nitrogens is 1. The smallest absolute Gasteiger partial charge is 0.325 e. The van der Waals surface area contributed by atoms with Crippen LogP contribution in [0.1, 0.15) is 44.4 Å². The second-order valence-corrected chi connectivity index (χ2v) is 7.42. The molecule has 0 aliphatic carbocycles. The minimum atomic E-state index is -4.43. The molecule has 28 heavy (non-hydrogen) atoms. The summed E-state index contributed by atoms with van der Waals surface area (Å²) in [5.41, 5.74) is -0.111. The van der Waals surface area contributed by atoms with Crippen LogP contribution >= 0.6 is 11.8 Å². The quantitative estimate of drug-likeness (QED) is 0.488. The number of halogens is 3. The Labute approximate surface area is 165 Å². The zero-order valence-electron chi connectivity index (χ0n) is 15.6. The van der Waals surface area contributed by atoms with Gasteiger partial charge in [-0.25, -0.2) is 4.98 Å². The number of nitrogens with one attached hydrogen (secondary N) is 2. The molecule has 0 saturated heterocycles. The minimum Gasteiger partial charge on any atom is -0.325 e. The van der Waals surface area contributed by atoms with Gasteiger partial charge in [-0.3, -0.25) is 9.59 Å². The molecule has 1 aromatic heterocycles. The number of carbonyl (C=O) groups is 1. The summed E-state index contributed by atoms with van der Waals surface area (Å²) in [5, 5.41) is 2.41. The Bertz CT molecular complexity index is 851. The Morgan fingerprint density at radius 1 is 1.25 bits per heavy atom. The van der Waals surface area contributed by atoms with Crippen LogP contribution in [0.2, 0.25) is 0 Å². The van der Waals surface area contributed by atoms with Crippen LogP contribution in [-0.4, -0.2) is 21.1 Å². The molecule has 0 saturated carbocycles. The lowest BCUT2D eigenvalue weighted by molar-refractivity contribution is -0.137. The van der Waals surface area contributed by atoms with Crippen LogP contribution in [0.15, 0.2) is 40.3 Å². The first-order chi connectivity index (χ1) is 13.2. The average Bonchev–Trinajstić information content (AvgIpc) is 2.63. The second-order valence-electron chi connectivity index (χ2n) is 6.22. The van der Waals surface area contributed by atoms with Gasteiger partial charge in [-0.2, -0.15) is 13.2 Å². The average molecular weight is 413 g/mol. The topological polar surface area (TPSA) is 74.8 Å². The first kappa shape index (κ1) is 22.0. The number of aromatic nitrogens is 2. The van der Waals surface area contributed by atoms with Crippen LogP contribution in [0.4, 0.5) is 18.9 Å². The summed E-state index contributed by atoms with van der Waals surface area (Å²) in [4.78, 5) is 31.3. The number of aryl methyl sites for hydroxylation is 1. The molecule has 1 amide bonds. The number of nitrogens with zero attached hydrogens (tertiary/aromatic N) is 1. The summed E-state index contributed by atoms with van der Waals surface area (Å²) in [6.07, 6.45) is -1.40. The summed E-state index contributed by atoms with van der Waals surface area (Å²) in [5.74, 6) is -0.367. The SMILES string of the molecule is CCCCc1cc(=O)[nH]c(SC(CC)C(=O)Nc2ccc(C(F)(F)F)cc2)n1. The molecule has 1 heterocycles. The van der Waals surface area contributed by atoms with E-state index >= 15 is 0 Å². The second kappa shape index (κ2) is 9.77. The van der Waals surface area contributed by atoms with Crippen LogP contribution in [0, 0.1) is 0 Å². The van der Waals surface area contributed by atoms with Gasteiger partial charge in [0.25, 0.3) is 5.56 Å². The summed E-state index contributed by atoms with van der Waals surface area (Å²) >= 11 is 1.13. The number of benzene rings is 1. The molecule has 5 nitrogen and oxygen atoms in total. The number of anilines is 1. The fourth-order valence-corrected chi connectivity index (χ4v) is 3.38. The van der Waals surface area contributed by atoms with Gasteiger partial charge in [-0.15, -0.1) is 0 Å². The van der Waals surface area contributed by atoms with E-state index in [0.717, 1.165) is 36.7 Å². The number of alkyl halides is 3. The van der Waals surface area contributed by atoms with Crippen LogP contribution in [-0.2, 0) is 17.4 Å². The van der Waals surface area contributed by atoms with E-state index in [1.165, 1.54) is 18.2 Å². The molecule has 152 valence electrons. The molecule has 0 fully saturated rings. The van der Waals surface area contributed by atoms with E-state index in [4.69, 9.17) is 0 Å². The lowest BCUT2D eigenvalue weighted by atomic mass is 10.2. The fourth-order valence-electron chi connectivity index (χ4n) is 2.45. The third-order valence-corrected chi connectivity index (χ3v) is 5.20. The van der Waals surface area contributed by atoms with Crippen LogP contribution in [0.25, 0.3) is 0 Å². The van der Waals surface area contributed by atoms with Gasteiger partial charge in [0.05, 0.1) is 10.8 Å². The van der Waals surface area contributed by atoms with E-state index in [9.17, 15) is 22.8 Å². The number of aromatic amines is 1. The van der Waals surface area contributed by atoms with Gasteiger partial charge < -0.3 is 10.3 Å². The summed E-state index contributed by atoms with van der Waals surface area (Å²) < 4.78 is 37.9. The number of unbranched alkanes of at least 4 members (excludes halogenated alkanes) is 1. The van der Waals surface area contributed by atoms with Crippen molar-refractivity contribution in [1.29, 1.82) is 0 Å². The number of hydrogen-bond acceptors (Lipinski definition) is 4. The van der Waals surface area contributed by atoms with Gasteiger partial charge in [-0.1, -0.05) is 32.0 Å². The van der Waals surface area contributed by atoms with Gasteiger partial charge >= 0.3 is 6.18 Å². The van der Waals surface area contributed by atoms with Crippen molar-refractivity contribution in [2.45, 2.75) is 56.1 Å². The van der Waals surface area contributed by atoms with E-state index in [2.05, 4.69) is 15.3 Å². The van der Waals surface area contributed by atoms with E-state index in [1.807, 2.05) is 13.8 Å². The third kappa shape index (κ3) is 6.40. The number of rotatable bonds is 8. The Hall–Kier alpha value is -2.29. The zero-order valence-corrected chi connectivity index (χ0v) is 16.4. The Kier molecular flexibility index (Phi) is 7.68. The normalized spacial score (nSPS) is 12.6. The monoisotopic (exact) mass is 413 g/mol. The highest BCUT2D eigenvalue weighted by atomic mass is 32.2. The van der Waals surface area contributed by atoms with E-state index in [1.54, 1.807) is 0 Å². The lowest BCUT2D eigenvalue weighted by Crippen LogP contribution is -2.25. The van der Waals surface area contributed by atoms with Gasteiger partial charge in [0.15, 0.2) is 5.16 Å². The third-order valence-electron chi connectivity index (χ3n) is 3.96. The Morgan fingerprint density at radius 3 is 2.50 bits per heavy atom. The number of thioether (sulfide) groups is 1. The molecule has 0 aliphatic rings. The summed E-state index contributed by atoms with van der Waals surface area (Å²) in [6.45, 7) is 3.85. The Balaban J connectivity index is 2.07. The molecule has 1 unspecified atom stereocenters. The maximum Gasteiger partial charge on any atom is 0.416 e. The van der Waals surface area contributed by atoms with Crippen molar-refractivity contribution >= 4 is 23.4 Å². The number of amides is 1. The molecule has 2 aromatic rings. The molecule has 9 heteroatoms. The van der Waals surface area contributed by atoms with Gasteiger partial charge in [0.1, 0.15) is 0 Å². The first-order valence-corrected chi connectivity index (χ1v) is 9.86. The van der Waals surface area contributed by atoms with Crippen LogP contribution < -0.4 is 10.9 Å². The van der Waals surface area contributed by atoms with Crippen LogP contribution in [0.5, 0.6) is 0 Å². The maximum absolute atomic E-state index is 12.6. The number of carbonyl (C=O) groups excluding carboxylic acids is 1. The van der Waals surface area contributed by atoms with Crippen molar-refractivity contribution in [3.8, 4) is 0 Å². The highest BCUT2D eigenvalue weighted by Crippen LogP contribution is 2.30. The maximum atomic E-state index is 12.6. The van der Waals surface area contributed by atoms with Crippen molar-refractivity contribution in [2.75, 3.05) is 5.32 Å². The first-order valence-electron chi connectivity index (χ1n) is 8.98. The van der Waals surface area contributed by atoms with Crippen molar-refractivity contribution in [3.05, 3.63) is 51.9 Å². The van der Waals surface area contributed by atoms with Crippen molar-refractivity contribution in [1.82, 2.24) is 9.97 Å². The van der Waals surface area contributed by atoms with E-state index < -0.39 is 17.0 Å². The van der Waals surface area contributed by atoms with Gasteiger partial charge in [-0.05, 0) is 43.5 Å². The molecule has 0 aliphatic heterocycles. The van der Waals surface area contributed by atoms with E-state index in [-0.39, 0.29) is 17.2 Å². The lowest BCUT2D eigenvalue weighted by Gasteiger charge is -2.15. The van der Waals surface area contributed by atoms with Crippen molar-refractivity contribution in [2.24, 2.45) is 0 Å².